The molecular formula is C12H16N4O. The Kier molecular flexibility index (Phi) is 5.11. The van der Waals surface area contributed by atoms with Crippen LogP contribution in [0, 0.1) is 11.3 Å². The van der Waals surface area contributed by atoms with Gasteiger partial charge in [-0.1, -0.05) is 0 Å². The first-order valence-electron chi connectivity index (χ1n) is 5.42. The van der Waals surface area contributed by atoms with Crippen LogP contribution in [0.2, 0.25) is 0 Å². The lowest BCUT2D eigenvalue weighted by molar-refractivity contribution is 0.0951. The van der Waals surface area contributed by atoms with Crippen molar-refractivity contribution in [3.63, 3.8) is 0 Å². The van der Waals surface area contributed by atoms with E-state index in [1.165, 1.54) is 18.5 Å². The second-order valence-corrected chi connectivity index (χ2v) is 3.95. The lowest BCUT2D eigenvalue weighted by Crippen LogP contribution is -2.27. The molecule has 0 unspecified atom stereocenters. The van der Waals surface area contributed by atoms with Gasteiger partial charge in [0, 0.05) is 18.9 Å². The molecule has 0 saturated heterocycles. The Bertz CT molecular complexity index is 423. The summed E-state index contributed by atoms with van der Waals surface area (Å²) in [5.41, 5.74) is 0.685. The van der Waals surface area contributed by atoms with E-state index >= 15 is 0 Å². The van der Waals surface area contributed by atoms with E-state index in [1.54, 1.807) is 0 Å². The summed E-state index contributed by atoms with van der Waals surface area (Å²) in [5, 5.41) is 11.6. The van der Waals surface area contributed by atoms with E-state index in [1.807, 2.05) is 20.2 Å². The molecule has 5 nitrogen and oxygen atoms in total. The zero-order chi connectivity index (χ0) is 12.7. The number of nitrogens with zero attached hydrogens (tertiary/aromatic N) is 3. The molecule has 1 heterocycles. The second-order valence-electron chi connectivity index (χ2n) is 3.95. The molecule has 17 heavy (non-hydrogen) atoms. The molecule has 0 aliphatic heterocycles. The fraction of sp³-hybridized carbons (Fsp3) is 0.417. The van der Waals surface area contributed by atoms with Crippen molar-refractivity contribution in [3.8, 4) is 6.07 Å². The van der Waals surface area contributed by atoms with Crippen LogP contribution >= 0.6 is 0 Å². The molecule has 0 bridgehead atoms. The third kappa shape index (κ3) is 4.21. The third-order valence-corrected chi connectivity index (χ3v) is 2.25. The number of hydrogen-bond acceptors (Lipinski definition) is 4. The van der Waals surface area contributed by atoms with Crippen molar-refractivity contribution in [1.29, 1.82) is 5.26 Å². The van der Waals surface area contributed by atoms with Crippen LogP contribution in [-0.2, 0) is 0 Å². The molecule has 0 atom stereocenters. The number of carbonyl (C=O) groups excluding carboxylic acids is 1. The molecule has 90 valence electrons. The van der Waals surface area contributed by atoms with Gasteiger partial charge in [-0.25, -0.2) is 0 Å². The van der Waals surface area contributed by atoms with Crippen LogP contribution in [0.15, 0.2) is 18.5 Å². The maximum Gasteiger partial charge on any atom is 0.254 e. The number of amides is 1. The van der Waals surface area contributed by atoms with Gasteiger partial charge in [-0.05, 0) is 33.1 Å². The largest absolute Gasteiger partial charge is 0.352 e. The molecule has 5 heteroatoms. The van der Waals surface area contributed by atoms with Gasteiger partial charge in [0.1, 0.15) is 6.07 Å². The van der Waals surface area contributed by atoms with Crippen molar-refractivity contribution in [3.05, 3.63) is 29.6 Å². The van der Waals surface area contributed by atoms with Crippen molar-refractivity contribution in [2.24, 2.45) is 0 Å². The number of pyridine rings is 1. The van der Waals surface area contributed by atoms with E-state index in [9.17, 15) is 4.79 Å². The highest BCUT2D eigenvalue weighted by Gasteiger charge is 2.10. The molecule has 0 saturated carbocycles. The highest BCUT2D eigenvalue weighted by molar-refractivity contribution is 5.96. The van der Waals surface area contributed by atoms with E-state index in [0.717, 1.165) is 13.0 Å². The van der Waals surface area contributed by atoms with Crippen molar-refractivity contribution in [2.75, 3.05) is 27.2 Å². The lowest BCUT2D eigenvalue weighted by Gasteiger charge is -2.10. The van der Waals surface area contributed by atoms with Crippen LogP contribution in [0.5, 0.6) is 0 Å². The molecule has 1 aromatic rings. The molecular weight excluding hydrogens is 216 g/mol. The van der Waals surface area contributed by atoms with Crippen molar-refractivity contribution >= 4 is 5.91 Å². The highest BCUT2D eigenvalue weighted by Crippen LogP contribution is 2.04. The molecule has 0 aromatic carbocycles. The number of aromatic nitrogens is 1. The quantitative estimate of drug-likeness (QED) is 0.756. The van der Waals surface area contributed by atoms with Gasteiger partial charge in [-0.15, -0.1) is 0 Å². The Labute approximate surface area is 101 Å². The van der Waals surface area contributed by atoms with Crippen LogP contribution in [0.25, 0.3) is 0 Å². The lowest BCUT2D eigenvalue weighted by atomic mass is 10.1. The second kappa shape index (κ2) is 6.61. The van der Waals surface area contributed by atoms with Crippen LogP contribution in [0.4, 0.5) is 0 Å². The average Bonchev–Trinajstić information content (AvgIpc) is 2.34. The molecule has 0 aliphatic rings. The molecule has 1 aromatic heterocycles. The zero-order valence-corrected chi connectivity index (χ0v) is 10.1. The molecule has 0 radical (unpaired) electrons. The maximum absolute atomic E-state index is 11.8. The number of nitrogens with one attached hydrogen (secondary N) is 1. The van der Waals surface area contributed by atoms with Crippen LogP contribution < -0.4 is 5.32 Å². The average molecular weight is 232 g/mol. The van der Waals surface area contributed by atoms with E-state index in [4.69, 9.17) is 5.26 Å². The van der Waals surface area contributed by atoms with Crippen molar-refractivity contribution in [1.82, 2.24) is 15.2 Å². The maximum atomic E-state index is 11.8. The number of hydrogen-bond donors (Lipinski definition) is 1. The van der Waals surface area contributed by atoms with Gasteiger partial charge >= 0.3 is 0 Å². The monoisotopic (exact) mass is 232 g/mol. The molecule has 0 aliphatic carbocycles. The van der Waals surface area contributed by atoms with Gasteiger partial charge in [0.05, 0.1) is 11.1 Å². The smallest absolute Gasteiger partial charge is 0.254 e. The zero-order valence-electron chi connectivity index (χ0n) is 10.1. The topological polar surface area (TPSA) is 69.0 Å². The van der Waals surface area contributed by atoms with Crippen LogP contribution in [-0.4, -0.2) is 43.0 Å². The van der Waals surface area contributed by atoms with E-state index in [2.05, 4.69) is 15.2 Å². The number of carbonyl (C=O) groups is 1. The number of rotatable bonds is 5. The summed E-state index contributed by atoms with van der Waals surface area (Å²) in [6.07, 6.45) is 3.79. The molecule has 1 rings (SSSR count). The number of nitriles is 1. The molecule has 0 fully saturated rings. The molecule has 1 N–H and O–H groups in total. The first-order chi connectivity index (χ1) is 8.15. The van der Waals surface area contributed by atoms with Crippen LogP contribution in [0.3, 0.4) is 0 Å². The third-order valence-electron chi connectivity index (χ3n) is 2.25. The van der Waals surface area contributed by atoms with E-state index in [0.29, 0.717) is 17.7 Å². The minimum Gasteiger partial charge on any atom is -0.352 e. The summed E-state index contributed by atoms with van der Waals surface area (Å²) in [5.74, 6) is -0.242. The fourth-order valence-corrected chi connectivity index (χ4v) is 1.37. The van der Waals surface area contributed by atoms with Gasteiger partial charge in [-0.2, -0.15) is 5.26 Å². The SMILES string of the molecule is CN(C)CCCNC(=O)c1cnccc1C#N. The van der Waals surface area contributed by atoms with Gasteiger partial charge in [0.25, 0.3) is 5.91 Å². The molecule has 0 spiro atoms. The van der Waals surface area contributed by atoms with Crippen LogP contribution in [0.1, 0.15) is 22.3 Å². The first-order valence-corrected chi connectivity index (χ1v) is 5.42. The molecule has 1 amide bonds. The van der Waals surface area contributed by atoms with E-state index in [-0.39, 0.29) is 5.91 Å². The Morgan fingerprint density at radius 3 is 3.00 bits per heavy atom. The summed E-state index contributed by atoms with van der Waals surface area (Å²) in [6.45, 7) is 1.51. The Morgan fingerprint density at radius 2 is 2.35 bits per heavy atom. The summed E-state index contributed by atoms with van der Waals surface area (Å²) in [7, 11) is 3.97. The summed E-state index contributed by atoms with van der Waals surface area (Å²) in [4.78, 5) is 17.7. The van der Waals surface area contributed by atoms with Gasteiger partial charge in [-0.3, -0.25) is 9.78 Å². The normalized spacial score (nSPS) is 10.0. The minimum absolute atomic E-state index is 0.242. The predicted octanol–water partition coefficient (Wildman–Crippen LogP) is 0.635. The minimum atomic E-state index is -0.242. The van der Waals surface area contributed by atoms with E-state index < -0.39 is 0 Å². The standard InChI is InChI=1S/C12H16N4O/c1-16(2)7-3-5-15-12(17)11-9-14-6-4-10(11)8-13/h4,6,9H,3,5,7H2,1-2H3,(H,15,17). The Balaban J connectivity index is 2.50. The highest BCUT2D eigenvalue weighted by atomic mass is 16.1. The van der Waals surface area contributed by atoms with Crippen molar-refractivity contribution in [2.45, 2.75) is 6.42 Å². The first kappa shape index (κ1) is 13.1. The summed E-state index contributed by atoms with van der Waals surface area (Å²) >= 11 is 0. The Hall–Kier alpha value is -1.93. The van der Waals surface area contributed by atoms with Gasteiger partial charge in [0.2, 0.25) is 0 Å². The Morgan fingerprint density at radius 1 is 1.59 bits per heavy atom. The van der Waals surface area contributed by atoms with Gasteiger partial charge < -0.3 is 10.2 Å². The fourth-order valence-electron chi connectivity index (χ4n) is 1.37. The summed E-state index contributed by atoms with van der Waals surface area (Å²) in [6, 6.07) is 3.51. The van der Waals surface area contributed by atoms with Gasteiger partial charge in [0.15, 0.2) is 0 Å². The van der Waals surface area contributed by atoms with Crippen molar-refractivity contribution < 1.29 is 4.79 Å². The predicted molar refractivity (Wildman–Crippen MR) is 64.5 cm³/mol. The summed E-state index contributed by atoms with van der Waals surface area (Å²) < 4.78 is 0.